The second-order valence-corrected chi connectivity index (χ2v) is 4.40. The average Bonchev–Trinajstić information content (AvgIpc) is 2.05. The van der Waals surface area contributed by atoms with Crippen molar-refractivity contribution < 1.29 is 9.84 Å². The van der Waals surface area contributed by atoms with Gasteiger partial charge < -0.3 is 9.84 Å². The number of ether oxygens (including phenoxy) is 1. The van der Waals surface area contributed by atoms with E-state index in [0.717, 1.165) is 12.8 Å². The quantitative estimate of drug-likeness (QED) is 0.690. The molecule has 1 rings (SSSR count). The Bertz CT molecular complexity index is 145. The van der Waals surface area contributed by atoms with Crippen LogP contribution in [0.15, 0.2) is 0 Å². The molecular formula is C10H20O2. The van der Waals surface area contributed by atoms with Gasteiger partial charge in [0.05, 0.1) is 18.3 Å². The summed E-state index contributed by atoms with van der Waals surface area (Å²) in [5.41, 5.74) is -0.271. The number of hydrogen-bond acceptors (Lipinski definition) is 2. The summed E-state index contributed by atoms with van der Waals surface area (Å²) < 4.78 is 5.83. The highest BCUT2D eigenvalue weighted by atomic mass is 16.5. The molecule has 0 saturated carbocycles. The highest BCUT2D eigenvalue weighted by Gasteiger charge is 2.33. The van der Waals surface area contributed by atoms with E-state index in [-0.39, 0.29) is 12.2 Å². The highest BCUT2D eigenvalue weighted by Crippen LogP contribution is 2.31. The van der Waals surface area contributed by atoms with Crippen LogP contribution in [0.2, 0.25) is 0 Å². The fraction of sp³-hybridized carbons (Fsp3) is 1.00. The summed E-state index contributed by atoms with van der Waals surface area (Å²) in [4.78, 5) is 0. The highest BCUT2D eigenvalue weighted by molar-refractivity contribution is 4.82. The smallest absolute Gasteiger partial charge is 0.0888 e. The molecule has 0 unspecified atom stereocenters. The maximum absolute atomic E-state index is 9.12. The van der Waals surface area contributed by atoms with Crippen LogP contribution in [0.5, 0.6) is 0 Å². The van der Waals surface area contributed by atoms with Gasteiger partial charge >= 0.3 is 0 Å². The minimum absolute atomic E-state index is 0.149. The van der Waals surface area contributed by atoms with Gasteiger partial charge in [0.1, 0.15) is 0 Å². The predicted molar refractivity (Wildman–Crippen MR) is 49.1 cm³/mol. The van der Waals surface area contributed by atoms with Crippen LogP contribution < -0.4 is 0 Å². The van der Waals surface area contributed by atoms with Crippen molar-refractivity contribution in [3.63, 3.8) is 0 Å². The fourth-order valence-electron chi connectivity index (χ4n) is 1.75. The lowest BCUT2D eigenvalue weighted by Gasteiger charge is -2.39. The summed E-state index contributed by atoms with van der Waals surface area (Å²) in [5, 5.41) is 9.12. The molecule has 0 bridgehead atoms. The fourth-order valence-corrected chi connectivity index (χ4v) is 1.75. The first-order chi connectivity index (χ1) is 5.57. The molecule has 1 aliphatic heterocycles. The molecule has 0 aromatic rings. The van der Waals surface area contributed by atoms with Gasteiger partial charge in [-0.05, 0) is 32.1 Å². The summed E-state index contributed by atoms with van der Waals surface area (Å²) in [6.45, 7) is 6.50. The zero-order valence-electron chi connectivity index (χ0n) is 8.34. The Balaban J connectivity index is 2.51. The number of rotatable bonds is 2. The van der Waals surface area contributed by atoms with Crippen molar-refractivity contribution in [3.8, 4) is 0 Å². The molecule has 0 amide bonds. The third kappa shape index (κ3) is 2.20. The molecule has 1 N–H and O–H groups in total. The number of aliphatic hydroxyl groups is 1. The topological polar surface area (TPSA) is 29.5 Å². The summed E-state index contributed by atoms with van der Waals surface area (Å²) in [6.07, 6.45) is 3.66. The Morgan fingerprint density at radius 3 is 2.75 bits per heavy atom. The van der Waals surface area contributed by atoms with Crippen LogP contribution in [0.3, 0.4) is 0 Å². The monoisotopic (exact) mass is 172 g/mol. The van der Waals surface area contributed by atoms with E-state index < -0.39 is 0 Å². The minimum atomic E-state index is -0.271. The van der Waals surface area contributed by atoms with Gasteiger partial charge in [0.15, 0.2) is 0 Å². The number of aliphatic hydroxyl groups excluding tert-OH is 1. The molecule has 0 aromatic carbocycles. The Morgan fingerprint density at radius 1 is 1.58 bits per heavy atom. The van der Waals surface area contributed by atoms with Crippen LogP contribution in [0.25, 0.3) is 0 Å². The van der Waals surface area contributed by atoms with Crippen LogP contribution >= 0.6 is 0 Å². The van der Waals surface area contributed by atoms with Crippen LogP contribution in [0, 0.1) is 5.92 Å². The van der Waals surface area contributed by atoms with Gasteiger partial charge in [-0.1, -0.05) is 13.8 Å². The van der Waals surface area contributed by atoms with Crippen molar-refractivity contribution in [2.45, 2.75) is 51.7 Å². The van der Waals surface area contributed by atoms with Crippen molar-refractivity contribution >= 4 is 0 Å². The zero-order chi connectivity index (χ0) is 9.19. The van der Waals surface area contributed by atoms with Gasteiger partial charge in [-0.25, -0.2) is 0 Å². The van der Waals surface area contributed by atoms with Crippen molar-refractivity contribution in [2.75, 3.05) is 6.61 Å². The predicted octanol–water partition coefficient (Wildman–Crippen LogP) is 1.96. The van der Waals surface area contributed by atoms with Gasteiger partial charge in [-0.3, -0.25) is 0 Å². The van der Waals surface area contributed by atoms with E-state index in [1.807, 2.05) is 6.92 Å². The van der Waals surface area contributed by atoms with Crippen molar-refractivity contribution in [3.05, 3.63) is 0 Å². The molecule has 1 heterocycles. The van der Waals surface area contributed by atoms with E-state index >= 15 is 0 Å². The van der Waals surface area contributed by atoms with Crippen LogP contribution in [-0.4, -0.2) is 23.4 Å². The van der Waals surface area contributed by atoms with Gasteiger partial charge in [0.2, 0.25) is 0 Å². The second-order valence-electron chi connectivity index (χ2n) is 4.40. The third-order valence-electron chi connectivity index (χ3n) is 2.71. The lowest BCUT2D eigenvalue weighted by atomic mass is 9.90. The van der Waals surface area contributed by atoms with Crippen molar-refractivity contribution in [1.29, 1.82) is 0 Å². The van der Waals surface area contributed by atoms with Gasteiger partial charge in [-0.2, -0.15) is 0 Å². The van der Waals surface area contributed by atoms with E-state index in [4.69, 9.17) is 9.84 Å². The van der Waals surface area contributed by atoms with Gasteiger partial charge in [-0.15, -0.1) is 0 Å². The van der Waals surface area contributed by atoms with Crippen LogP contribution in [0.4, 0.5) is 0 Å². The first-order valence-electron chi connectivity index (χ1n) is 4.86. The SMILES string of the molecule is CC(C)[C@H]1CCC[C@@](C)(CO)O1. The molecule has 0 aliphatic carbocycles. The standard InChI is InChI=1S/C10H20O2/c1-8(2)9-5-4-6-10(3,7-11)12-9/h8-9,11H,4-7H2,1-3H3/t9-,10+/m1/s1. The largest absolute Gasteiger partial charge is 0.393 e. The Hall–Kier alpha value is -0.0800. The molecule has 2 atom stereocenters. The molecule has 72 valence electrons. The maximum Gasteiger partial charge on any atom is 0.0888 e. The van der Waals surface area contributed by atoms with Gasteiger partial charge in [0, 0.05) is 0 Å². The second kappa shape index (κ2) is 3.75. The van der Waals surface area contributed by atoms with Crippen LogP contribution in [-0.2, 0) is 4.74 Å². The lowest BCUT2D eigenvalue weighted by molar-refractivity contribution is -0.152. The third-order valence-corrected chi connectivity index (χ3v) is 2.71. The Morgan fingerprint density at radius 2 is 2.25 bits per heavy atom. The lowest BCUT2D eigenvalue weighted by Crippen LogP contribution is -2.42. The minimum Gasteiger partial charge on any atom is -0.393 e. The Kier molecular flexibility index (Phi) is 3.13. The summed E-state index contributed by atoms with van der Waals surface area (Å²) in [5.74, 6) is 0.566. The molecule has 0 spiro atoms. The maximum atomic E-state index is 9.12. The van der Waals surface area contributed by atoms with Gasteiger partial charge in [0.25, 0.3) is 0 Å². The van der Waals surface area contributed by atoms with E-state index in [0.29, 0.717) is 12.0 Å². The normalized spacial score (nSPS) is 37.2. The Labute approximate surface area is 74.9 Å². The molecule has 12 heavy (non-hydrogen) atoms. The number of hydrogen-bond donors (Lipinski definition) is 1. The summed E-state index contributed by atoms with van der Waals surface area (Å²) in [6, 6.07) is 0. The summed E-state index contributed by atoms with van der Waals surface area (Å²) in [7, 11) is 0. The first kappa shape index (κ1) is 10.0. The molecule has 1 saturated heterocycles. The molecule has 1 fully saturated rings. The molecule has 1 aliphatic rings. The first-order valence-corrected chi connectivity index (χ1v) is 4.86. The molecule has 0 radical (unpaired) electrons. The van der Waals surface area contributed by atoms with E-state index in [2.05, 4.69) is 13.8 Å². The van der Waals surface area contributed by atoms with Crippen molar-refractivity contribution in [1.82, 2.24) is 0 Å². The van der Waals surface area contributed by atoms with E-state index in [1.165, 1.54) is 6.42 Å². The van der Waals surface area contributed by atoms with E-state index in [9.17, 15) is 0 Å². The average molecular weight is 172 g/mol. The molecule has 0 aromatic heterocycles. The molecule has 2 heteroatoms. The van der Waals surface area contributed by atoms with Crippen LogP contribution in [0.1, 0.15) is 40.0 Å². The zero-order valence-corrected chi connectivity index (χ0v) is 8.34. The summed E-state index contributed by atoms with van der Waals surface area (Å²) >= 11 is 0. The molecule has 2 nitrogen and oxygen atoms in total. The van der Waals surface area contributed by atoms with Crippen molar-refractivity contribution in [2.24, 2.45) is 5.92 Å². The molecular weight excluding hydrogens is 152 g/mol. The van der Waals surface area contributed by atoms with E-state index in [1.54, 1.807) is 0 Å².